The van der Waals surface area contributed by atoms with E-state index in [-0.39, 0.29) is 23.1 Å². The molecule has 1 aromatic carbocycles. The van der Waals surface area contributed by atoms with Crippen LogP contribution in [-0.4, -0.2) is 45.2 Å². The second kappa shape index (κ2) is 8.64. The number of carbonyl (C=O) groups excluding carboxylic acids is 2. The first-order valence-corrected chi connectivity index (χ1v) is 9.91. The Hall–Kier alpha value is -1.93. The van der Waals surface area contributed by atoms with Crippen LogP contribution < -0.4 is 10.6 Å². The third-order valence-corrected chi connectivity index (χ3v) is 5.62. The topological polar surface area (TPSA) is 95.6 Å². The van der Waals surface area contributed by atoms with E-state index in [1.165, 1.54) is 26.2 Å². The molecule has 2 N–H and O–H groups in total. The molecule has 146 valence electrons. The van der Waals surface area contributed by atoms with Crippen molar-refractivity contribution in [3.8, 4) is 0 Å². The smallest absolute Gasteiger partial charge is 0.242 e. The van der Waals surface area contributed by atoms with Crippen LogP contribution in [0.2, 0.25) is 0 Å². The number of nitrogens with zero attached hydrogens (tertiary/aromatic N) is 1. The summed E-state index contributed by atoms with van der Waals surface area (Å²) in [6, 6.07) is 4.64. The third-order valence-electron chi connectivity index (χ3n) is 3.81. The van der Waals surface area contributed by atoms with E-state index in [0.29, 0.717) is 18.7 Å². The number of hydrogen-bond acceptors (Lipinski definition) is 4. The van der Waals surface area contributed by atoms with Gasteiger partial charge in [0.25, 0.3) is 0 Å². The zero-order valence-electron chi connectivity index (χ0n) is 16.3. The molecule has 2 amide bonds. The molecule has 0 saturated carbocycles. The molecule has 1 aromatic rings. The molecular formula is C18H29N3O4S. The quantitative estimate of drug-likeness (QED) is 0.705. The van der Waals surface area contributed by atoms with Crippen LogP contribution in [0.1, 0.15) is 39.2 Å². The number of nitrogens with one attached hydrogen (secondary N) is 2. The molecule has 1 rings (SSSR count). The van der Waals surface area contributed by atoms with E-state index in [9.17, 15) is 18.0 Å². The zero-order chi connectivity index (χ0) is 20.1. The van der Waals surface area contributed by atoms with Gasteiger partial charge in [0.1, 0.15) is 0 Å². The van der Waals surface area contributed by atoms with Crippen molar-refractivity contribution in [1.29, 1.82) is 0 Å². The van der Waals surface area contributed by atoms with Gasteiger partial charge < -0.3 is 10.6 Å². The summed E-state index contributed by atoms with van der Waals surface area (Å²) < 4.78 is 25.5. The lowest BCUT2D eigenvalue weighted by Gasteiger charge is -2.17. The molecule has 0 radical (unpaired) electrons. The number of amides is 2. The molecule has 0 aliphatic carbocycles. The number of aryl methyl sites for hydroxylation is 1. The molecule has 26 heavy (non-hydrogen) atoms. The molecule has 0 atom stereocenters. The van der Waals surface area contributed by atoms with Gasteiger partial charge in [-0.2, -0.15) is 0 Å². The molecule has 0 fully saturated rings. The maximum atomic E-state index is 12.2. The fraction of sp³-hybridized carbons (Fsp3) is 0.556. The predicted molar refractivity (Wildman–Crippen MR) is 102 cm³/mol. The first kappa shape index (κ1) is 22.1. The van der Waals surface area contributed by atoms with Gasteiger partial charge in [-0.3, -0.25) is 9.59 Å². The van der Waals surface area contributed by atoms with E-state index in [0.717, 1.165) is 9.87 Å². The number of sulfonamides is 1. The molecule has 0 aliphatic heterocycles. The van der Waals surface area contributed by atoms with Crippen molar-refractivity contribution >= 4 is 27.5 Å². The second-order valence-electron chi connectivity index (χ2n) is 7.42. The van der Waals surface area contributed by atoms with E-state index in [2.05, 4.69) is 10.6 Å². The van der Waals surface area contributed by atoms with Crippen molar-refractivity contribution in [2.75, 3.05) is 26.0 Å². The summed E-state index contributed by atoms with van der Waals surface area (Å²) in [5.74, 6) is -0.284. The normalized spacial score (nSPS) is 12.1. The average molecular weight is 384 g/mol. The van der Waals surface area contributed by atoms with Crippen LogP contribution >= 0.6 is 0 Å². The van der Waals surface area contributed by atoms with E-state index in [1.807, 2.05) is 20.8 Å². The Kier molecular flexibility index (Phi) is 7.35. The Bertz CT molecular complexity index is 765. The van der Waals surface area contributed by atoms with Crippen LogP contribution in [0.15, 0.2) is 23.1 Å². The van der Waals surface area contributed by atoms with Crippen molar-refractivity contribution in [3.05, 3.63) is 23.8 Å². The van der Waals surface area contributed by atoms with Crippen LogP contribution in [0.4, 0.5) is 5.69 Å². The monoisotopic (exact) mass is 383 g/mol. The summed E-state index contributed by atoms with van der Waals surface area (Å²) in [6.07, 6.45) is 0.733. The van der Waals surface area contributed by atoms with Crippen LogP contribution in [-0.2, 0) is 19.6 Å². The largest absolute Gasteiger partial charge is 0.356 e. The number of carbonyl (C=O) groups is 2. The van der Waals surface area contributed by atoms with Gasteiger partial charge in [-0.25, -0.2) is 12.7 Å². The van der Waals surface area contributed by atoms with Crippen molar-refractivity contribution in [1.82, 2.24) is 9.62 Å². The Labute approximate surface area is 156 Å². The SMILES string of the molecule is Cc1ccc(S(=O)(=O)N(C)C)cc1NC(=O)CCCNC(=O)C(C)(C)C. The number of rotatable bonds is 7. The van der Waals surface area contributed by atoms with Gasteiger partial charge in [-0.15, -0.1) is 0 Å². The minimum Gasteiger partial charge on any atom is -0.356 e. The summed E-state index contributed by atoms with van der Waals surface area (Å²) in [7, 11) is -0.647. The van der Waals surface area contributed by atoms with Gasteiger partial charge in [0.15, 0.2) is 0 Å². The Morgan fingerprint density at radius 2 is 1.77 bits per heavy atom. The molecular weight excluding hydrogens is 354 g/mol. The Balaban J connectivity index is 2.66. The van der Waals surface area contributed by atoms with Crippen molar-refractivity contribution in [2.45, 2.75) is 45.4 Å². The van der Waals surface area contributed by atoms with Crippen molar-refractivity contribution in [3.63, 3.8) is 0 Å². The number of anilines is 1. The van der Waals surface area contributed by atoms with Crippen LogP contribution in [0.5, 0.6) is 0 Å². The maximum Gasteiger partial charge on any atom is 0.242 e. The third kappa shape index (κ3) is 6.10. The van der Waals surface area contributed by atoms with E-state index in [1.54, 1.807) is 13.0 Å². The molecule has 0 saturated heterocycles. The molecule has 7 nitrogen and oxygen atoms in total. The van der Waals surface area contributed by atoms with Gasteiger partial charge in [0, 0.05) is 38.2 Å². The van der Waals surface area contributed by atoms with Crippen molar-refractivity contribution < 1.29 is 18.0 Å². The molecule has 0 aliphatic rings. The standard InChI is InChI=1S/C18H29N3O4S/c1-13-9-10-14(26(24,25)21(5)6)12-15(13)20-16(22)8-7-11-19-17(23)18(2,3)4/h9-10,12H,7-8,11H2,1-6H3,(H,19,23)(H,20,22). The van der Waals surface area contributed by atoms with Gasteiger partial charge >= 0.3 is 0 Å². The fourth-order valence-electron chi connectivity index (χ4n) is 2.04. The average Bonchev–Trinajstić information content (AvgIpc) is 2.52. The Morgan fingerprint density at radius 3 is 2.31 bits per heavy atom. The highest BCUT2D eigenvalue weighted by atomic mass is 32.2. The van der Waals surface area contributed by atoms with E-state index in [4.69, 9.17) is 0 Å². The van der Waals surface area contributed by atoms with E-state index < -0.39 is 15.4 Å². The summed E-state index contributed by atoms with van der Waals surface area (Å²) >= 11 is 0. The summed E-state index contributed by atoms with van der Waals surface area (Å²) in [6.45, 7) is 7.69. The lowest BCUT2D eigenvalue weighted by Crippen LogP contribution is -2.35. The highest BCUT2D eigenvalue weighted by Crippen LogP contribution is 2.22. The highest BCUT2D eigenvalue weighted by Gasteiger charge is 2.21. The van der Waals surface area contributed by atoms with Gasteiger partial charge in [0.05, 0.1) is 4.90 Å². The molecule has 0 spiro atoms. The molecule has 0 aromatic heterocycles. The van der Waals surface area contributed by atoms with Gasteiger partial charge in [0.2, 0.25) is 21.8 Å². The lowest BCUT2D eigenvalue weighted by molar-refractivity contribution is -0.128. The van der Waals surface area contributed by atoms with E-state index >= 15 is 0 Å². The summed E-state index contributed by atoms with van der Waals surface area (Å²) in [4.78, 5) is 24.0. The minimum atomic E-state index is -3.56. The summed E-state index contributed by atoms with van der Waals surface area (Å²) in [5, 5.41) is 5.54. The van der Waals surface area contributed by atoms with Gasteiger partial charge in [-0.1, -0.05) is 26.8 Å². The van der Waals surface area contributed by atoms with Gasteiger partial charge in [-0.05, 0) is 31.0 Å². The maximum absolute atomic E-state index is 12.2. The molecule has 0 bridgehead atoms. The minimum absolute atomic E-state index is 0.0599. The summed E-state index contributed by atoms with van der Waals surface area (Å²) in [5.41, 5.74) is 0.784. The first-order valence-electron chi connectivity index (χ1n) is 8.47. The predicted octanol–water partition coefficient (Wildman–Crippen LogP) is 2.13. The molecule has 0 heterocycles. The second-order valence-corrected chi connectivity index (χ2v) is 9.57. The number of benzene rings is 1. The van der Waals surface area contributed by atoms with Crippen molar-refractivity contribution in [2.24, 2.45) is 5.41 Å². The number of hydrogen-bond donors (Lipinski definition) is 2. The van der Waals surface area contributed by atoms with Crippen LogP contribution in [0, 0.1) is 12.3 Å². The first-order chi connectivity index (χ1) is 11.9. The zero-order valence-corrected chi connectivity index (χ0v) is 17.2. The fourth-order valence-corrected chi connectivity index (χ4v) is 2.96. The lowest BCUT2D eigenvalue weighted by atomic mass is 9.96. The van der Waals surface area contributed by atoms with Crippen LogP contribution in [0.3, 0.4) is 0 Å². The Morgan fingerprint density at radius 1 is 1.15 bits per heavy atom. The molecule has 0 unspecified atom stereocenters. The van der Waals surface area contributed by atoms with Crippen LogP contribution in [0.25, 0.3) is 0 Å². The molecule has 8 heteroatoms. The highest BCUT2D eigenvalue weighted by molar-refractivity contribution is 7.89.